The van der Waals surface area contributed by atoms with Crippen molar-refractivity contribution in [2.24, 2.45) is 0 Å². The van der Waals surface area contributed by atoms with Gasteiger partial charge in [-0.15, -0.1) is 0 Å². The minimum absolute atomic E-state index is 0.246. The molecule has 2 unspecified atom stereocenters. The van der Waals surface area contributed by atoms with E-state index in [2.05, 4.69) is 39.8 Å². The number of nitriles is 2. The molecule has 0 spiro atoms. The summed E-state index contributed by atoms with van der Waals surface area (Å²) in [4.78, 5) is 0. The second kappa shape index (κ2) is 7.32. The van der Waals surface area contributed by atoms with Crippen LogP contribution in [0.2, 0.25) is 5.02 Å². The maximum absolute atomic E-state index is 9.61. The molecular formula is C17H21ClN2. The van der Waals surface area contributed by atoms with Crippen LogP contribution in [0.4, 0.5) is 0 Å². The Hall–Kier alpha value is -1.51. The molecule has 1 aromatic rings. The number of hydrogen-bond donors (Lipinski definition) is 0. The zero-order valence-electron chi connectivity index (χ0n) is 12.6. The molecule has 0 amide bonds. The summed E-state index contributed by atoms with van der Waals surface area (Å²) in [6, 6.07) is 6.40. The molecule has 106 valence electrons. The van der Waals surface area contributed by atoms with Crippen molar-refractivity contribution >= 4 is 11.6 Å². The number of hydrogen-bond acceptors (Lipinski definition) is 2. The molecule has 3 heteroatoms. The van der Waals surface area contributed by atoms with Crippen molar-refractivity contribution in [3.8, 4) is 12.1 Å². The Balaban J connectivity index is 3.67. The van der Waals surface area contributed by atoms with Crippen LogP contribution in [0.15, 0.2) is 6.07 Å². The maximum Gasteiger partial charge on any atom is 0.0998 e. The molecule has 0 aliphatic rings. The minimum Gasteiger partial charge on any atom is -0.198 e. The van der Waals surface area contributed by atoms with Gasteiger partial charge in [0, 0.05) is 5.02 Å². The molecule has 0 aliphatic heterocycles. The maximum atomic E-state index is 9.61. The van der Waals surface area contributed by atoms with Crippen LogP contribution in [0.1, 0.15) is 74.6 Å². The molecule has 1 rings (SSSR count). The van der Waals surface area contributed by atoms with E-state index >= 15 is 0 Å². The van der Waals surface area contributed by atoms with Gasteiger partial charge in [-0.25, -0.2) is 0 Å². The molecule has 1 aromatic carbocycles. The smallest absolute Gasteiger partial charge is 0.0998 e. The average molecular weight is 289 g/mol. The fraction of sp³-hybridized carbons (Fsp3) is 0.529. The van der Waals surface area contributed by atoms with Crippen molar-refractivity contribution in [1.29, 1.82) is 10.5 Å². The first-order valence-corrected chi connectivity index (χ1v) is 7.51. The van der Waals surface area contributed by atoms with Gasteiger partial charge in [0.15, 0.2) is 0 Å². The van der Waals surface area contributed by atoms with Gasteiger partial charge in [0.25, 0.3) is 0 Å². The van der Waals surface area contributed by atoms with Crippen molar-refractivity contribution in [2.45, 2.75) is 58.8 Å². The zero-order valence-corrected chi connectivity index (χ0v) is 13.4. The fourth-order valence-corrected chi connectivity index (χ4v) is 2.95. The van der Waals surface area contributed by atoms with Gasteiger partial charge in [-0.3, -0.25) is 0 Å². The molecule has 0 aromatic heterocycles. The average Bonchev–Trinajstić information content (AvgIpc) is 2.45. The molecule has 0 N–H and O–H groups in total. The summed E-state index contributed by atoms with van der Waals surface area (Å²) < 4.78 is 0. The van der Waals surface area contributed by atoms with Crippen LogP contribution in [0.25, 0.3) is 0 Å². The lowest BCUT2D eigenvalue weighted by molar-refractivity contribution is 0.702. The van der Waals surface area contributed by atoms with Crippen LogP contribution in [-0.4, -0.2) is 0 Å². The largest absolute Gasteiger partial charge is 0.198 e. The third kappa shape index (κ3) is 3.14. The highest BCUT2D eigenvalue weighted by molar-refractivity contribution is 6.31. The van der Waals surface area contributed by atoms with E-state index in [9.17, 15) is 5.26 Å². The fourth-order valence-electron chi connectivity index (χ4n) is 2.54. The van der Waals surface area contributed by atoms with E-state index in [1.54, 1.807) is 0 Å². The molecule has 0 aliphatic carbocycles. The number of rotatable bonds is 5. The summed E-state index contributed by atoms with van der Waals surface area (Å²) in [7, 11) is 0. The van der Waals surface area contributed by atoms with E-state index < -0.39 is 0 Å². The highest BCUT2D eigenvalue weighted by Gasteiger charge is 2.22. The van der Waals surface area contributed by atoms with Crippen molar-refractivity contribution in [3.05, 3.63) is 33.3 Å². The molecule has 0 saturated carbocycles. The van der Waals surface area contributed by atoms with Gasteiger partial charge in [-0.2, -0.15) is 10.5 Å². The van der Waals surface area contributed by atoms with Gasteiger partial charge in [0.05, 0.1) is 24.1 Å². The summed E-state index contributed by atoms with van der Waals surface area (Å²) in [6.07, 6.45) is 2.18. The summed E-state index contributed by atoms with van der Waals surface area (Å²) in [6.45, 7) is 8.38. The quantitative estimate of drug-likeness (QED) is 0.737. The van der Waals surface area contributed by atoms with Crippen molar-refractivity contribution in [2.75, 3.05) is 0 Å². The summed E-state index contributed by atoms with van der Waals surface area (Å²) in [5.41, 5.74) is 3.53. The molecule has 2 nitrogen and oxygen atoms in total. The number of halogens is 1. The van der Waals surface area contributed by atoms with Crippen LogP contribution >= 0.6 is 11.6 Å². The Labute approximate surface area is 127 Å². The van der Waals surface area contributed by atoms with E-state index in [4.69, 9.17) is 16.9 Å². The molecule has 0 bridgehead atoms. The van der Waals surface area contributed by atoms with Crippen LogP contribution in [0.5, 0.6) is 0 Å². The Morgan fingerprint density at radius 3 is 2.10 bits per heavy atom. The third-order valence-corrected chi connectivity index (χ3v) is 4.35. The third-order valence-electron chi connectivity index (χ3n) is 4.03. The van der Waals surface area contributed by atoms with Gasteiger partial charge < -0.3 is 0 Å². The minimum atomic E-state index is 0.246. The van der Waals surface area contributed by atoms with Crippen LogP contribution in [0, 0.1) is 22.7 Å². The normalized spacial score (nSPS) is 13.3. The Morgan fingerprint density at radius 2 is 1.65 bits per heavy atom. The second-order valence-corrected chi connectivity index (χ2v) is 5.69. The summed E-state index contributed by atoms with van der Waals surface area (Å²) >= 11 is 6.38. The predicted molar refractivity (Wildman–Crippen MR) is 82.9 cm³/mol. The Bertz CT molecular complexity index is 564. The molecular weight excluding hydrogens is 268 g/mol. The van der Waals surface area contributed by atoms with Gasteiger partial charge in [-0.1, -0.05) is 39.3 Å². The second-order valence-electron chi connectivity index (χ2n) is 5.29. The van der Waals surface area contributed by atoms with E-state index in [1.807, 2.05) is 6.07 Å². The lowest BCUT2D eigenvalue weighted by atomic mass is 9.82. The monoisotopic (exact) mass is 288 g/mol. The van der Waals surface area contributed by atoms with Crippen molar-refractivity contribution in [1.82, 2.24) is 0 Å². The zero-order chi connectivity index (χ0) is 15.3. The lowest BCUT2D eigenvalue weighted by Crippen LogP contribution is -2.08. The molecule has 0 saturated heterocycles. The molecule has 0 heterocycles. The highest BCUT2D eigenvalue weighted by atomic mass is 35.5. The summed E-state index contributed by atoms with van der Waals surface area (Å²) in [5, 5.41) is 19.2. The lowest BCUT2D eigenvalue weighted by Gasteiger charge is -2.22. The Kier molecular flexibility index (Phi) is 6.05. The van der Waals surface area contributed by atoms with E-state index in [0.717, 1.165) is 29.5 Å². The van der Waals surface area contributed by atoms with Gasteiger partial charge in [0.2, 0.25) is 0 Å². The number of nitrogens with zero attached hydrogens (tertiary/aromatic N) is 2. The van der Waals surface area contributed by atoms with Crippen molar-refractivity contribution in [3.63, 3.8) is 0 Å². The van der Waals surface area contributed by atoms with Crippen molar-refractivity contribution < 1.29 is 0 Å². The van der Waals surface area contributed by atoms with E-state index in [-0.39, 0.29) is 11.8 Å². The summed E-state index contributed by atoms with van der Waals surface area (Å²) in [5.74, 6) is 0.504. The highest BCUT2D eigenvalue weighted by Crippen LogP contribution is 2.37. The first-order valence-electron chi connectivity index (χ1n) is 7.13. The first-order chi connectivity index (χ1) is 9.51. The molecule has 2 atom stereocenters. The van der Waals surface area contributed by atoms with E-state index in [0.29, 0.717) is 17.0 Å². The SMILES string of the molecule is CCC(C)c1c(Cl)cc(CC#N)c(C(C)CC)c1C#N. The van der Waals surface area contributed by atoms with Gasteiger partial charge in [-0.05, 0) is 47.4 Å². The van der Waals surface area contributed by atoms with Crippen LogP contribution < -0.4 is 0 Å². The molecule has 0 radical (unpaired) electrons. The van der Waals surface area contributed by atoms with Gasteiger partial charge >= 0.3 is 0 Å². The topological polar surface area (TPSA) is 47.6 Å². The number of benzene rings is 1. The first kappa shape index (κ1) is 16.5. The van der Waals surface area contributed by atoms with Gasteiger partial charge in [0.1, 0.15) is 0 Å². The molecule has 20 heavy (non-hydrogen) atoms. The molecule has 0 fully saturated rings. The van der Waals surface area contributed by atoms with E-state index in [1.165, 1.54) is 0 Å². The predicted octanol–water partition coefficient (Wildman–Crippen LogP) is 5.30. The van der Waals surface area contributed by atoms with Crippen LogP contribution in [-0.2, 0) is 6.42 Å². The Morgan fingerprint density at radius 1 is 1.10 bits per heavy atom. The standard InChI is InChI=1S/C17H21ClN2/c1-5-11(3)16-13(7-8-19)9-15(18)17(12(4)6-2)14(16)10-20/h9,11-12H,5-7H2,1-4H3. The van der Waals surface area contributed by atoms with Crippen LogP contribution in [0.3, 0.4) is 0 Å².